The Kier molecular flexibility index (Phi) is 7.27. The van der Waals surface area contributed by atoms with Crippen LogP contribution in [0.1, 0.15) is 23.5 Å². The van der Waals surface area contributed by atoms with E-state index in [9.17, 15) is 0 Å². The van der Waals surface area contributed by atoms with Gasteiger partial charge in [0.1, 0.15) is 0 Å². The molecule has 1 N–H and O–H groups in total. The van der Waals surface area contributed by atoms with E-state index in [1.807, 2.05) is 0 Å². The Morgan fingerprint density at radius 3 is 1.85 bits per heavy atom. The van der Waals surface area contributed by atoms with Crippen LogP contribution < -0.4 is 0 Å². The van der Waals surface area contributed by atoms with Gasteiger partial charge >= 0.3 is 0 Å². The van der Waals surface area contributed by atoms with Crippen LogP contribution in [0.15, 0.2) is 60.7 Å². The van der Waals surface area contributed by atoms with Crippen LogP contribution in [0.5, 0.6) is 0 Å². The van der Waals surface area contributed by atoms with Gasteiger partial charge in [-0.3, -0.25) is 9.80 Å². The Hall–Kier alpha value is -2.12. The highest BCUT2D eigenvalue weighted by atomic mass is 16.3. The lowest BCUT2D eigenvalue weighted by Gasteiger charge is -2.33. The highest BCUT2D eigenvalue weighted by Crippen LogP contribution is 2.27. The van der Waals surface area contributed by atoms with E-state index in [1.54, 1.807) is 0 Å². The van der Waals surface area contributed by atoms with Crippen LogP contribution in [0.4, 0.5) is 0 Å². The summed E-state index contributed by atoms with van der Waals surface area (Å²) in [5, 5.41) is 9.02. The fraction of sp³-hybridized carbons (Fsp3) is 0.391. The van der Waals surface area contributed by atoms with Gasteiger partial charge in [0.2, 0.25) is 0 Å². The van der Waals surface area contributed by atoms with Gasteiger partial charge in [-0.05, 0) is 11.1 Å². The normalized spacial score (nSPS) is 15.6. The fourth-order valence-corrected chi connectivity index (χ4v) is 3.45. The standard InChI is InChI=1S/C23H28N2O/c26-20-19-25-17-15-24(16-18-25)14-8-7-13-23(21-9-3-1-4-10-21)22-11-5-2-6-12-22/h1-6,9-12,23,26H,13-20H2. The summed E-state index contributed by atoms with van der Waals surface area (Å²) in [4.78, 5) is 4.71. The van der Waals surface area contributed by atoms with Crippen LogP contribution in [0.25, 0.3) is 0 Å². The highest BCUT2D eigenvalue weighted by molar-refractivity contribution is 5.33. The van der Waals surface area contributed by atoms with E-state index in [1.165, 1.54) is 11.1 Å². The molecule has 2 aromatic carbocycles. The SMILES string of the molecule is OCCN1CCN(CC#CCC(c2ccccc2)c2ccccc2)CC1. The van der Waals surface area contributed by atoms with Crippen LogP contribution in [0.2, 0.25) is 0 Å². The van der Waals surface area contributed by atoms with Gasteiger partial charge in [0.15, 0.2) is 0 Å². The van der Waals surface area contributed by atoms with Crippen molar-refractivity contribution in [2.45, 2.75) is 12.3 Å². The van der Waals surface area contributed by atoms with E-state index in [4.69, 9.17) is 5.11 Å². The summed E-state index contributed by atoms with van der Waals surface area (Å²) in [6, 6.07) is 21.3. The number of aliphatic hydroxyl groups excluding tert-OH is 1. The first-order valence-electron chi connectivity index (χ1n) is 9.48. The zero-order chi connectivity index (χ0) is 18.0. The monoisotopic (exact) mass is 348 g/mol. The number of hydrogen-bond donors (Lipinski definition) is 1. The van der Waals surface area contributed by atoms with Gasteiger partial charge in [0, 0.05) is 45.1 Å². The van der Waals surface area contributed by atoms with Crippen molar-refractivity contribution in [3.8, 4) is 11.8 Å². The first-order chi connectivity index (χ1) is 12.9. The molecule has 3 rings (SSSR count). The number of aliphatic hydroxyl groups is 1. The van der Waals surface area contributed by atoms with Crippen molar-refractivity contribution in [2.75, 3.05) is 45.9 Å². The molecule has 0 saturated carbocycles. The summed E-state index contributed by atoms with van der Waals surface area (Å²) in [6.07, 6.45) is 0.846. The summed E-state index contributed by atoms with van der Waals surface area (Å²) in [5.74, 6) is 7.13. The molecule has 1 aliphatic rings. The smallest absolute Gasteiger partial charge is 0.0602 e. The van der Waals surface area contributed by atoms with Gasteiger partial charge in [0.25, 0.3) is 0 Å². The van der Waals surface area contributed by atoms with Gasteiger partial charge in [-0.15, -0.1) is 5.92 Å². The summed E-state index contributed by atoms with van der Waals surface area (Å²) in [7, 11) is 0. The molecule has 1 fully saturated rings. The van der Waals surface area contributed by atoms with Crippen molar-refractivity contribution < 1.29 is 5.11 Å². The van der Waals surface area contributed by atoms with Crippen molar-refractivity contribution in [1.82, 2.24) is 9.80 Å². The molecule has 0 spiro atoms. The molecular weight excluding hydrogens is 320 g/mol. The topological polar surface area (TPSA) is 26.7 Å². The van der Waals surface area contributed by atoms with E-state index < -0.39 is 0 Å². The maximum Gasteiger partial charge on any atom is 0.0602 e. The lowest BCUT2D eigenvalue weighted by molar-refractivity contribution is 0.121. The summed E-state index contributed by atoms with van der Waals surface area (Å²) in [6.45, 7) is 6.00. The second kappa shape index (κ2) is 10.1. The maximum atomic E-state index is 9.02. The average Bonchev–Trinajstić information content (AvgIpc) is 2.71. The molecule has 0 radical (unpaired) electrons. The summed E-state index contributed by atoms with van der Waals surface area (Å²) >= 11 is 0. The molecule has 1 aliphatic heterocycles. The molecule has 0 aromatic heterocycles. The average molecular weight is 348 g/mol. The predicted molar refractivity (Wildman–Crippen MR) is 107 cm³/mol. The predicted octanol–water partition coefficient (Wildman–Crippen LogP) is 2.82. The third-order valence-corrected chi connectivity index (χ3v) is 5.02. The molecular formula is C23H28N2O. The third kappa shape index (κ3) is 5.44. The minimum absolute atomic E-state index is 0.250. The molecule has 1 heterocycles. The number of hydrogen-bond acceptors (Lipinski definition) is 3. The molecule has 2 aromatic rings. The van der Waals surface area contributed by atoms with Crippen molar-refractivity contribution in [1.29, 1.82) is 0 Å². The lowest BCUT2D eigenvalue weighted by atomic mass is 9.89. The quantitative estimate of drug-likeness (QED) is 0.813. The lowest BCUT2D eigenvalue weighted by Crippen LogP contribution is -2.47. The minimum atomic E-state index is 0.250. The first kappa shape index (κ1) is 18.7. The summed E-state index contributed by atoms with van der Waals surface area (Å²) < 4.78 is 0. The van der Waals surface area contributed by atoms with E-state index in [2.05, 4.69) is 82.3 Å². The molecule has 0 amide bonds. The fourth-order valence-electron chi connectivity index (χ4n) is 3.45. The second-order valence-electron chi connectivity index (χ2n) is 6.77. The van der Waals surface area contributed by atoms with Crippen molar-refractivity contribution in [2.24, 2.45) is 0 Å². The number of rotatable bonds is 6. The number of piperazine rings is 1. The Balaban J connectivity index is 1.57. The van der Waals surface area contributed by atoms with Gasteiger partial charge in [-0.25, -0.2) is 0 Å². The molecule has 0 unspecified atom stereocenters. The molecule has 3 heteroatoms. The molecule has 0 atom stereocenters. The number of benzene rings is 2. The number of β-amino-alcohol motifs (C(OH)–C–C–N with tert-alkyl or cyclic N) is 1. The van der Waals surface area contributed by atoms with Crippen molar-refractivity contribution >= 4 is 0 Å². The van der Waals surface area contributed by atoms with Crippen LogP contribution in [0.3, 0.4) is 0 Å². The summed E-state index contributed by atoms with van der Waals surface area (Å²) in [5.41, 5.74) is 2.65. The molecule has 0 bridgehead atoms. The Bertz CT molecular complexity index is 658. The van der Waals surface area contributed by atoms with Crippen LogP contribution >= 0.6 is 0 Å². The van der Waals surface area contributed by atoms with Crippen LogP contribution in [-0.2, 0) is 0 Å². The van der Waals surface area contributed by atoms with Crippen molar-refractivity contribution in [3.63, 3.8) is 0 Å². The molecule has 136 valence electrons. The third-order valence-electron chi connectivity index (χ3n) is 5.02. The zero-order valence-corrected chi connectivity index (χ0v) is 15.3. The van der Waals surface area contributed by atoms with Gasteiger partial charge in [-0.2, -0.15) is 0 Å². The van der Waals surface area contributed by atoms with Gasteiger partial charge in [0.05, 0.1) is 13.2 Å². The van der Waals surface area contributed by atoms with E-state index in [0.29, 0.717) is 5.92 Å². The van der Waals surface area contributed by atoms with Crippen LogP contribution in [0, 0.1) is 11.8 Å². The van der Waals surface area contributed by atoms with Gasteiger partial charge < -0.3 is 5.11 Å². The Morgan fingerprint density at radius 1 is 0.769 bits per heavy atom. The van der Waals surface area contributed by atoms with Crippen molar-refractivity contribution in [3.05, 3.63) is 71.8 Å². The molecule has 0 aliphatic carbocycles. The Labute approximate surface area is 157 Å². The maximum absolute atomic E-state index is 9.02. The second-order valence-corrected chi connectivity index (χ2v) is 6.77. The molecule has 26 heavy (non-hydrogen) atoms. The van der Waals surface area contributed by atoms with Gasteiger partial charge in [-0.1, -0.05) is 66.6 Å². The largest absolute Gasteiger partial charge is 0.395 e. The van der Waals surface area contributed by atoms with E-state index in [0.717, 1.165) is 45.7 Å². The van der Waals surface area contributed by atoms with E-state index in [-0.39, 0.29) is 6.61 Å². The van der Waals surface area contributed by atoms with E-state index >= 15 is 0 Å². The Morgan fingerprint density at radius 2 is 1.31 bits per heavy atom. The number of nitrogens with zero attached hydrogens (tertiary/aromatic N) is 2. The first-order valence-corrected chi connectivity index (χ1v) is 9.48. The highest BCUT2D eigenvalue weighted by Gasteiger charge is 2.15. The minimum Gasteiger partial charge on any atom is -0.395 e. The molecule has 3 nitrogen and oxygen atoms in total. The molecule has 1 saturated heterocycles. The van der Waals surface area contributed by atoms with Crippen LogP contribution in [-0.4, -0.2) is 60.8 Å². The zero-order valence-electron chi connectivity index (χ0n) is 15.3.